The van der Waals surface area contributed by atoms with Crippen molar-refractivity contribution in [1.82, 2.24) is 0 Å². The Morgan fingerprint density at radius 3 is 1.05 bits per heavy atom. The third-order valence-electron chi connectivity index (χ3n) is 1.62. The molecule has 0 amide bonds. The fourth-order valence-corrected chi connectivity index (χ4v) is 8.71. The van der Waals surface area contributed by atoms with Gasteiger partial charge in [0.05, 0.1) is 0 Å². The van der Waals surface area contributed by atoms with Gasteiger partial charge in [0.25, 0.3) is 0 Å². The molecule has 0 aromatic rings. The molecule has 0 atom stereocenters. The summed E-state index contributed by atoms with van der Waals surface area (Å²) in [5.41, 5.74) is -0.712. The maximum absolute atomic E-state index is 6.17. The van der Waals surface area contributed by atoms with E-state index in [4.69, 9.17) is 11.3 Å². The zero-order valence-electron chi connectivity index (χ0n) is 14.3. The molecule has 0 saturated heterocycles. The van der Waals surface area contributed by atoms with Crippen LogP contribution in [0.3, 0.4) is 0 Å². The monoisotopic (exact) mass is 354 g/mol. The van der Waals surface area contributed by atoms with Crippen LogP contribution < -0.4 is 0 Å². The predicted octanol–water partition coefficient (Wildman–Crippen LogP) is 4.28. The average Bonchev–Trinajstić information content (AvgIpc) is 1.89. The fraction of sp³-hybridized carbons (Fsp3) is 1.00. The summed E-state index contributed by atoms with van der Waals surface area (Å²) in [4.78, 5) is 0. The molecule has 0 N–H and O–H groups in total. The molecule has 5 heteroatoms. The van der Waals surface area contributed by atoms with Crippen molar-refractivity contribution in [2.24, 2.45) is 0 Å². The van der Waals surface area contributed by atoms with Gasteiger partial charge < -0.3 is 0 Å². The van der Waals surface area contributed by atoms with Crippen LogP contribution in [0.1, 0.15) is 69.2 Å². The van der Waals surface area contributed by atoms with Crippen LogP contribution in [0.4, 0.5) is 0 Å². The minimum absolute atomic E-state index is 0.0132. The van der Waals surface area contributed by atoms with Crippen LogP contribution in [-0.2, 0) is 33.3 Å². The van der Waals surface area contributed by atoms with Gasteiger partial charge in [-0.05, 0) is 0 Å². The first-order chi connectivity index (χ1) is 8.25. The normalized spacial score (nSPS) is 14.5. The van der Waals surface area contributed by atoms with Crippen LogP contribution in [0, 0.1) is 0 Å². The van der Waals surface area contributed by atoms with Crippen molar-refractivity contribution in [2.75, 3.05) is 0 Å². The van der Waals surface area contributed by atoms with Gasteiger partial charge >= 0.3 is 126 Å². The molecule has 116 valence electrons. The summed E-state index contributed by atoms with van der Waals surface area (Å²) in [5, 5.41) is 0. The Morgan fingerprint density at radius 2 is 0.895 bits per heavy atom. The van der Waals surface area contributed by atoms with Gasteiger partial charge in [0, 0.05) is 0 Å². The van der Waals surface area contributed by atoms with Gasteiger partial charge in [0.1, 0.15) is 0 Å². The van der Waals surface area contributed by atoms with E-state index in [2.05, 4.69) is 0 Å². The van der Waals surface area contributed by atoms with E-state index in [0.717, 1.165) is 0 Å². The Kier molecular flexibility index (Phi) is 7.40. The number of hydrogen-bond acceptors (Lipinski definition) is 4. The number of hydrogen-bond donors (Lipinski definition) is 0. The summed E-state index contributed by atoms with van der Waals surface area (Å²) < 4.78 is 24.4. The molecule has 19 heavy (non-hydrogen) atoms. The van der Waals surface area contributed by atoms with Crippen LogP contribution >= 0.6 is 0 Å². The van der Waals surface area contributed by atoms with E-state index in [-0.39, 0.29) is 23.4 Å². The van der Waals surface area contributed by atoms with Crippen molar-refractivity contribution >= 4 is 0 Å². The van der Waals surface area contributed by atoms with Gasteiger partial charge in [-0.1, -0.05) is 0 Å². The first-order valence-electron chi connectivity index (χ1n) is 7.01. The van der Waals surface area contributed by atoms with Crippen LogP contribution in [0.15, 0.2) is 0 Å². The zero-order valence-corrected chi connectivity index (χ0v) is 16.7. The predicted molar refractivity (Wildman–Crippen MR) is 74.1 cm³/mol. The molecule has 0 bridgehead atoms. The van der Waals surface area contributed by atoms with E-state index in [9.17, 15) is 0 Å². The van der Waals surface area contributed by atoms with Crippen molar-refractivity contribution in [3.05, 3.63) is 0 Å². The van der Waals surface area contributed by atoms with Gasteiger partial charge in [0.15, 0.2) is 0 Å². The molecule has 0 radical (unpaired) electrons. The third kappa shape index (κ3) is 10.1. The summed E-state index contributed by atoms with van der Waals surface area (Å²) in [5.74, 6) is 0. The van der Waals surface area contributed by atoms with Crippen molar-refractivity contribution < 1.29 is 33.3 Å². The average molecular weight is 356 g/mol. The van der Waals surface area contributed by atoms with Crippen molar-refractivity contribution in [3.63, 3.8) is 0 Å². The van der Waals surface area contributed by atoms with Crippen LogP contribution in [0.2, 0.25) is 0 Å². The molecule has 0 aliphatic carbocycles. The van der Waals surface area contributed by atoms with E-state index in [1.165, 1.54) is 0 Å². The number of rotatable bonds is 6. The summed E-state index contributed by atoms with van der Waals surface area (Å²) >= 11 is -4.07. The molecule has 0 spiro atoms. The molecule has 4 nitrogen and oxygen atoms in total. The van der Waals surface area contributed by atoms with Crippen LogP contribution in [0.25, 0.3) is 0 Å². The molecule has 0 aliphatic rings. The molecule has 0 unspecified atom stereocenters. The Labute approximate surface area is 126 Å². The minimum atomic E-state index is -4.07. The second-order valence-electron chi connectivity index (χ2n) is 7.26. The first kappa shape index (κ1) is 19.7. The molecule has 0 rings (SSSR count). The molecular weight excluding hydrogens is 323 g/mol. The van der Waals surface area contributed by atoms with E-state index in [1.54, 1.807) is 0 Å². The second kappa shape index (κ2) is 7.13. The summed E-state index contributed by atoms with van der Waals surface area (Å²) in [6, 6.07) is 0. The summed E-state index contributed by atoms with van der Waals surface area (Å²) in [6.45, 7) is 19.9. The topological polar surface area (TPSA) is 36.9 Å². The fourth-order valence-electron chi connectivity index (χ4n) is 1.47. The van der Waals surface area contributed by atoms with E-state index >= 15 is 0 Å². The van der Waals surface area contributed by atoms with Gasteiger partial charge in [-0.2, -0.15) is 0 Å². The first-order valence-corrected chi connectivity index (χ1v) is 11.0. The molecule has 0 fully saturated rings. The standard InChI is InChI=1S/2C4H9O.2C3H7O.Zr/c2*1-4(2,3)5;2*1-3(2)4;/h2*1-3H3;2*3H,1-2H3;/q4*-1;+4. The Balaban J connectivity index is 5.31. The van der Waals surface area contributed by atoms with Gasteiger partial charge in [-0.3, -0.25) is 0 Å². The quantitative estimate of drug-likeness (QED) is 0.712. The summed E-state index contributed by atoms with van der Waals surface area (Å²) in [6.07, 6.45) is 0.0264. The Bertz CT molecular complexity index is 236. The third-order valence-corrected chi connectivity index (χ3v) is 9.60. The zero-order chi connectivity index (χ0) is 15.5. The summed E-state index contributed by atoms with van der Waals surface area (Å²) in [7, 11) is 0. The molecule has 0 saturated carbocycles. The van der Waals surface area contributed by atoms with E-state index < -0.39 is 22.0 Å². The van der Waals surface area contributed by atoms with Crippen LogP contribution in [0.5, 0.6) is 0 Å². The van der Waals surface area contributed by atoms with Gasteiger partial charge in [-0.15, -0.1) is 0 Å². The maximum atomic E-state index is 6.17. The van der Waals surface area contributed by atoms with Crippen molar-refractivity contribution in [1.29, 1.82) is 0 Å². The molecule has 0 aliphatic heterocycles. The Hall–Kier alpha value is 0.723. The van der Waals surface area contributed by atoms with Crippen molar-refractivity contribution in [2.45, 2.75) is 92.6 Å². The van der Waals surface area contributed by atoms with Gasteiger partial charge in [-0.25, -0.2) is 0 Å². The van der Waals surface area contributed by atoms with E-state index in [0.29, 0.717) is 0 Å². The molecule has 0 aromatic carbocycles. The second-order valence-corrected chi connectivity index (χ2v) is 11.9. The Morgan fingerprint density at radius 1 is 0.632 bits per heavy atom. The van der Waals surface area contributed by atoms with E-state index in [1.807, 2.05) is 69.2 Å². The van der Waals surface area contributed by atoms with Gasteiger partial charge in [0.2, 0.25) is 0 Å². The SMILES string of the molecule is CC(C)[O][Zr]([O]C(C)C)([O]C(C)(C)C)[O]C(C)(C)C. The molecule has 0 heterocycles. The molecule has 0 aromatic heterocycles. The van der Waals surface area contributed by atoms with Crippen molar-refractivity contribution in [3.8, 4) is 0 Å². The van der Waals surface area contributed by atoms with Crippen LogP contribution in [-0.4, -0.2) is 23.4 Å². The molecular formula is C14H32O4Zr.